The first-order valence-electron chi connectivity index (χ1n) is 8.59. The summed E-state index contributed by atoms with van der Waals surface area (Å²) in [6.45, 7) is 4.58. The van der Waals surface area contributed by atoms with Crippen LogP contribution in [0.2, 0.25) is 0 Å². The first kappa shape index (κ1) is 16.9. The van der Waals surface area contributed by atoms with Gasteiger partial charge in [-0.25, -0.2) is 4.39 Å². The van der Waals surface area contributed by atoms with E-state index in [-0.39, 0.29) is 30.1 Å². The zero-order valence-electron chi connectivity index (χ0n) is 14.0. The standard InChI is InChI=1S/C18H24FN3O2/c1-13(18(24)20-16-6-7-16)21-8-10-22(11-9-21)17(23)12-14-2-4-15(19)5-3-14/h2-5,13,16H,6-12H2,1H3,(H,20,24). The van der Waals surface area contributed by atoms with Crippen LogP contribution in [0.5, 0.6) is 0 Å². The Hall–Kier alpha value is -1.95. The molecule has 130 valence electrons. The van der Waals surface area contributed by atoms with E-state index in [9.17, 15) is 14.0 Å². The van der Waals surface area contributed by atoms with E-state index in [1.807, 2.05) is 11.8 Å². The molecule has 1 N–H and O–H groups in total. The number of amides is 2. The van der Waals surface area contributed by atoms with Crippen LogP contribution in [0, 0.1) is 5.82 Å². The lowest BCUT2D eigenvalue weighted by atomic mass is 10.1. The van der Waals surface area contributed by atoms with E-state index in [2.05, 4.69) is 10.2 Å². The van der Waals surface area contributed by atoms with E-state index in [0.717, 1.165) is 18.4 Å². The number of hydrogen-bond donors (Lipinski definition) is 1. The van der Waals surface area contributed by atoms with Crippen LogP contribution in [-0.4, -0.2) is 59.9 Å². The maximum absolute atomic E-state index is 12.9. The SMILES string of the molecule is CC(C(=O)NC1CC1)N1CCN(C(=O)Cc2ccc(F)cc2)CC1. The highest BCUT2D eigenvalue weighted by atomic mass is 19.1. The van der Waals surface area contributed by atoms with Gasteiger partial charge in [-0.15, -0.1) is 0 Å². The van der Waals surface area contributed by atoms with Crippen molar-refractivity contribution in [2.24, 2.45) is 0 Å². The summed E-state index contributed by atoms with van der Waals surface area (Å²) in [4.78, 5) is 28.4. The van der Waals surface area contributed by atoms with Gasteiger partial charge in [-0.3, -0.25) is 14.5 Å². The van der Waals surface area contributed by atoms with Crippen molar-refractivity contribution < 1.29 is 14.0 Å². The molecule has 1 unspecified atom stereocenters. The minimum atomic E-state index is -0.293. The molecule has 2 fully saturated rings. The molecule has 3 rings (SSSR count). The molecule has 1 atom stereocenters. The lowest BCUT2D eigenvalue weighted by Crippen LogP contribution is -2.55. The van der Waals surface area contributed by atoms with Crippen molar-refractivity contribution in [1.82, 2.24) is 15.1 Å². The summed E-state index contributed by atoms with van der Waals surface area (Å²) in [5.74, 6) is -0.154. The minimum absolute atomic E-state index is 0.0522. The number of hydrogen-bond acceptors (Lipinski definition) is 3. The molecule has 0 radical (unpaired) electrons. The maximum Gasteiger partial charge on any atom is 0.237 e. The average molecular weight is 333 g/mol. The van der Waals surface area contributed by atoms with Crippen LogP contribution in [0.1, 0.15) is 25.3 Å². The summed E-state index contributed by atoms with van der Waals surface area (Å²) in [7, 11) is 0. The highest BCUT2D eigenvalue weighted by Crippen LogP contribution is 2.19. The topological polar surface area (TPSA) is 52.7 Å². The molecule has 0 bridgehead atoms. The van der Waals surface area contributed by atoms with Crippen LogP contribution < -0.4 is 5.32 Å². The number of benzene rings is 1. The third kappa shape index (κ3) is 4.32. The number of nitrogens with one attached hydrogen (secondary N) is 1. The van der Waals surface area contributed by atoms with Crippen molar-refractivity contribution in [3.63, 3.8) is 0 Å². The van der Waals surface area contributed by atoms with Gasteiger partial charge in [0.15, 0.2) is 0 Å². The Balaban J connectivity index is 1.46. The second-order valence-corrected chi connectivity index (χ2v) is 6.68. The molecule has 0 aromatic heterocycles. The van der Waals surface area contributed by atoms with Crippen LogP contribution >= 0.6 is 0 Å². The molecule has 0 spiro atoms. The predicted molar refractivity (Wildman–Crippen MR) is 88.9 cm³/mol. The van der Waals surface area contributed by atoms with E-state index < -0.39 is 0 Å². The molecule has 1 aliphatic heterocycles. The minimum Gasteiger partial charge on any atom is -0.352 e. The molecule has 5 nitrogen and oxygen atoms in total. The molecule has 1 saturated carbocycles. The number of carbonyl (C=O) groups excluding carboxylic acids is 2. The van der Waals surface area contributed by atoms with Gasteiger partial charge in [0.1, 0.15) is 5.82 Å². The highest BCUT2D eigenvalue weighted by molar-refractivity contribution is 5.82. The van der Waals surface area contributed by atoms with Gasteiger partial charge in [-0.05, 0) is 37.5 Å². The van der Waals surface area contributed by atoms with Crippen molar-refractivity contribution in [3.8, 4) is 0 Å². The summed E-state index contributed by atoms with van der Waals surface area (Å²) >= 11 is 0. The highest BCUT2D eigenvalue weighted by Gasteiger charge is 2.30. The summed E-state index contributed by atoms with van der Waals surface area (Å²) in [6, 6.07) is 6.27. The van der Waals surface area contributed by atoms with Crippen molar-refractivity contribution in [1.29, 1.82) is 0 Å². The fraction of sp³-hybridized carbons (Fsp3) is 0.556. The van der Waals surface area contributed by atoms with E-state index in [4.69, 9.17) is 0 Å². The molecule has 1 aliphatic carbocycles. The average Bonchev–Trinajstić information content (AvgIpc) is 3.40. The fourth-order valence-electron chi connectivity index (χ4n) is 2.96. The third-order valence-corrected chi connectivity index (χ3v) is 4.79. The van der Waals surface area contributed by atoms with Gasteiger partial charge in [0.25, 0.3) is 0 Å². The van der Waals surface area contributed by atoms with Crippen molar-refractivity contribution in [3.05, 3.63) is 35.6 Å². The van der Waals surface area contributed by atoms with E-state index in [0.29, 0.717) is 32.2 Å². The number of nitrogens with zero attached hydrogens (tertiary/aromatic N) is 2. The Morgan fingerprint density at radius 3 is 2.38 bits per heavy atom. The first-order chi connectivity index (χ1) is 11.5. The fourth-order valence-corrected chi connectivity index (χ4v) is 2.96. The molecule has 2 amide bonds. The summed E-state index contributed by atoms with van der Waals surface area (Å²) in [6.07, 6.45) is 2.46. The normalized spacial score (nSPS) is 19.8. The maximum atomic E-state index is 12.9. The van der Waals surface area contributed by atoms with E-state index in [1.165, 1.54) is 12.1 Å². The second-order valence-electron chi connectivity index (χ2n) is 6.68. The van der Waals surface area contributed by atoms with Gasteiger partial charge in [0.2, 0.25) is 11.8 Å². The summed E-state index contributed by atoms with van der Waals surface area (Å²) < 4.78 is 12.9. The smallest absolute Gasteiger partial charge is 0.237 e. The molecular weight excluding hydrogens is 309 g/mol. The number of piperazine rings is 1. The van der Waals surface area contributed by atoms with E-state index >= 15 is 0 Å². The predicted octanol–water partition coefficient (Wildman–Crippen LogP) is 1.18. The Morgan fingerprint density at radius 2 is 1.79 bits per heavy atom. The van der Waals surface area contributed by atoms with Gasteiger partial charge in [-0.1, -0.05) is 12.1 Å². The summed E-state index contributed by atoms with van der Waals surface area (Å²) in [5, 5.41) is 3.03. The second kappa shape index (κ2) is 7.30. The molecular formula is C18H24FN3O2. The Labute approximate surface area is 141 Å². The van der Waals surface area contributed by atoms with Crippen molar-refractivity contribution in [2.75, 3.05) is 26.2 Å². The molecule has 1 aromatic rings. The van der Waals surface area contributed by atoms with Crippen LogP contribution in [-0.2, 0) is 16.0 Å². The van der Waals surface area contributed by atoms with Gasteiger partial charge in [-0.2, -0.15) is 0 Å². The number of rotatable bonds is 5. The Morgan fingerprint density at radius 1 is 1.17 bits per heavy atom. The van der Waals surface area contributed by atoms with Gasteiger partial charge >= 0.3 is 0 Å². The summed E-state index contributed by atoms with van der Waals surface area (Å²) in [5.41, 5.74) is 0.820. The number of carbonyl (C=O) groups is 2. The van der Waals surface area contributed by atoms with Crippen LogP contribution in [0.4, 0.5) is 4.39 Å². The quantitative estimate of drug-likeness (QED) is 0.880. The first-order valence-corrected chi connectivity index (χ1v) is 8.59. The van der Waals surface area contributed by atoms with Gasteiger partial charge in [0.05, 0.1) is 12.5 Å². The van der Waals surface area contributed by atoms with Crippen LogP contribution in [0.15, 0.2) is 24.3 Å². The molecule has 24 heavy (non-hydrogen) atoms. The Kier molecular flexibility index (Phi) is 5.14. The largest absolute Gasteiger partial charge is 0.352 e. The van der Waals surface area contributed by atoms with Crippen LogP contribution in [0.25, 0.3) is 0 Å². The molecule has 6 heteroatoms. The molecule has 1 saturated heterocycles. The third-order valence-electron chi connectivity index (χ3n) is 4.79. The van der Waals surface area contributed by atoms with E-state index in [1.54, 1.807) is 12.1 Å². The zero-order chi connectivity index (χ0) is 17.1. The van der Waals surface area contributed by atoms with Crippen molar-refractivity contribution in [2.45, 2.75) is 38.3 Å². The van der Waals surface area contributed by atoms with Gasteiger partial charge < -0.3 is 10.2 Å². The van der Waals surface area contributed by atoms with Crippen molar-refractivity contribution >= 4 is 11.8 Å². The number of halogens is 1. The zero-order valence-corrected chi connectivity index (χ0v) is 14.0. The lowest BCUT2D eigenvalue weighted by molar-refractivity contribution is -0.133. The molecule has 1 heterocycles. The molecule has 1 aromatic carbocycles. The Bertz CT molecular complexity index is 593. The molecule has 2 aliphatic rings. The van der Waals surface area contributed by atoms with Crippen LogP contribution in [0.3, 0.4) is 0 Å². The lowest BCUT2D eigenvalue weighted by Gasteiger charge is -2.37. The van der Waals surface area contributed by atoms with Gasteiger partial charge in [0, 0.05) is 32.2 Å². The monoisotopic (exact) mass is 333 g/mol.